The molecule has 0 N–H and O–H groups in total. The van der Waals surface area contributed by atoms with Crippen molar-refractivity contribution in [1.82, 2.24) is 4.98 Å². The van der Waals surface area contributed by atoms with E-state index in [0.717, 1.165) is 47.8 Å². The van der Waals surface area contributed by atoms with Crippen molar-refractivity contribution in [3.05, 3.63) is 71.6 Å². The zero-order chi connectivity index (χ0) is 21.2. The molecule has 160 valence electrons. The second-order valence-corrected chi connectivity index (χ2v) is 7.09. The maximum Gasteiger partial charge on any atom is 0.226 e. The first-order chi connectivity index (χ1) is 14.7. The number of rotatable bonds is 12. The van der Waals surface area contributed by atoms with Crippen LogP contribution in [0.4, 0.5) is 0 Å². The SMILES string of the molecule is CCCOCCC(OCC)c1ccc(OCc2nc(-c3ccccc3)oc2C)cc1. The number of oxazole rings is 1. The molecule has 0 aliphatic heterocycles. The summed E-state index contributed by atoms with van der Waals surface area (Å²) in [6, 6.07) is 17.9. The van der Waals surface area contributed by atoms with Gasteiger partial charge in [0.1, 0.15) is 23.8 Å². The molecular formula is C25H31NO4. The van der Waals surface area contributed by atoms with Crippen molar-refractivity contribution in [2.75, 3.05) is 19.8 Å². The summed E-state index contributed by atoms with van der Waals surface area (Å²) < 4.78 is 23.3. The molecule has 0 saturated carbocycles. The Morgan fingerprint density at radius 3 is 2.43 bits per heavy atom. The third-order valence-electron chi connectivity index (χ3n) is 4.78. The zero-order valence-electron chi connectivity index (χ0n) is 18.1. The Bertz CT molecular complexity index is 874. The number of nitrogens with zero attached hydrogens (tertiary/aromatic N) is 1. The molecule has 0 radical (unpaired) electrons. The van der Waals surface area contributed by atoms with Crippen LogP contribution in [-0.2, 0) is 16.1 Å². The molecule has 1 unspecified atom stereocenters. The van der Waals surface area contributed by atoms with Crippen LogP contribution in [0.3, 0.4) is 0 Å². The molecule has 0 saturated heterocycles. The van der Waals surface area contributed by atoms with Crippen molar-refractivity contribution in [2.24, 2.45) is 0 Å². The minimum Gasteiger partial charge on any atom is -0.487 e. The highest BCUT2D eigenvalue weighted by atomic mass is 16.5. The Kier molecular flexibility index (Phi) is 8.48. The van der Waals surface area contributed by atoms with Gasteiger partial charge in [0.2, 0.25) is 5.89 Å². The molecule has 0 bridgehead atoms. The number of ether oxygens (including phenoxy) is 3. The van der Waals surface area contributed by atoms with Gasteiger partial charge in [-0.3, -0.25) is 0 Å². The van der Waals surface area contributed by atoms with Crippen LogP contribution in [0.5, 0.6) is 5.75 Å². The van der Waals surface area contributed by atoms with E-state index in [1.807, 2.05) is 56.3 Å². The standard InChI is InChI=1S/C25H31NO4/c1-4-16-27-17-15-24(28-5-2)20-11-13-22(14-12-20)29-18-23-19(3)30-25(26-23)21-9-7-6-8-10-21/h6-14,24H,4-5,15-18H2,1-3H3. The van der Waals surface area contributed by atoms with Crippen molar-refractivity contribution < 1.29 is 18.6 Å². The van der Waals surface area contributed by atoms with Gasteiger partial charge >= 0.3 is 0 Å². The molecule has 0 aliphatic carbocycles. The average Bonchev–Trinajstić information content (AvgIpc) is 3.16. The van der Waals surface area contributed by atoms with Crippen molar-refractivity contribution >= 4 is 0 Å². The van der Waals surface area contributed by atoms with Gasteiger partial charge in [0.15, 0.2) is 0 Å². The quantitative estimate of drug-likeness (QED) is 0.337. The van der Waals surface area contributed by atoms with Gasteiger partial charge in [0, 0.05) is 31.8 Å². The maximum atomic E-state index is 5.94. The molecule has 3 aromatic rings. The number of aromatic nitrogens is 1. The molecular weight excluding hydrogens is 378 g/mol. The fraction of sp³-hybridized carbons (Fsp3) is 0.400. The van der Waals surface area contributed by atoms with E-state index in [2.05, 4.69) is 24.0 Å². The Morgan fingerprint density at radius 2 is 1.73 bits per heavy atom. The molecule has 1 aromatic heterocycles. The molecule has 0 amide bonds. The molecule has 0 aliphatic rings. The fourth-order valence-corrected chi connectivity index (χ4v) is 3.18. The van der Waals surface area contributed by atoms with Crippen LogP contribution < -0.4 is 4.74 Å². The second kappa shape index (κ2) is 11.5. The normalized spacial score (nSPS) is 12.1. The number of aryl methyl sites for hydroxylation is 1. The number of benzene rings is 2. The Hall–Kier alpha value is -2.63. The van der Waals surface area contributed by atoms with E-state index >= 15 is 0 Å². The first-order valence-corrected chi connectivity index (χ1v) is 10.6. The first kappa shape index (κ1) is 22.1. The number of hydrogen-bond donors (Lipinski definition) is 0. The van der Waals surface area contributed by atoms with E-state index in [1.165, 1.54) is 0 Å². The van der Waals surface area contributed by atoms with Crippen molar-refractivity contribution in [1.29, 1.82) is 0 Å². The van der Waals surface area contributed by atoms with E-state index in [1.54, 1.807) is 0 Å². The van der Waals surface area contributed by atoms with Crippen LogP contribution >= 0.6 is 0 Å². The summed E-state index contributed by atoms with van der Waals surface area (Å²) in [6.45, 7) is 8.57. The summed E-state index contributed by atoms with van der Waals surface area (Å²) in [6.07, 6.45) is 1.91. The van der Waals surface area contributed by atoms with Crippen molar-refractivity contribution in [3.63, 3.8) is 0 Å². The lowest BCUT2D eigenvalue weighted by atomic mass is 10.1. The van der Waals surface area contributed by atoms with Gasteiger partial charge < -0.3 is 18.6 Å². The van der Waals surface area contributed by atoms with Gasteiger partial charge in [-0.1, -0.05) is 37.3 Å². The van der Waals surface area contributed by atoms with Crippen LogP contribution in [0.25, 0.3) is 11.5 Å². The minimum absolute atomic E-state index is 0.0344. The first-order valence-electron chi connectivity index (χ1n) is 10.6. The number of hydrogen-bond acceptors (Lipinski definition) is 5. The summed E-state index contributed by atoms with van der Waals surface area (Å²) in [5, 5.41) is 0. The lowest BCUT2D eigenvalue weighted by Crippen LogP contribution is -2.08. The van der Waals surface area contributed by atoms with Crippen molar-refractivity contribution in [3.8, 4) is 17.2 Å². The van der Waals surface area contributed by atoms with Gasteiger partial charge in [-0.2, -0.15) is 0 Å². The van der Waals surface area contributed by atoms with Crippen LogP contribution in [-0.4, -0.2) is 24.8 Å². The summed E-state index contributed by atoms with van der Waals surface area (Å²) in [5.41, 5.74) is 2.90. The van der Waals surface area contributed by atoms with Crippen molar-refractivity contribution in [2.45, 2.75) is 46.3 Å². The van der Waals surface area contributed by atoms with Crippen LogP contribution in [0.2, 0.25) is 0 Å². The molecule has 30 heavy (non-hydrogen) atoms. The average molecular weight is 410 g/mol. The highest BCUT2D eigenvalue weighted by molar-refractivity contribution is 5.53. The maximum absolute atomic E-state index is 5.94. The Balaban J connectivity index is 1.58. The zero-order valence-corrected chi connectivity index (χ0v) is 18.1. The molecule has 5 nitrogen and oxygen atoms in total. The predicted molar refractivity (Wildman–Crippen MR) is 118 cm³/mol. The summed E-state index contributed by atoms with van der Waals surface area (Å²) >= 11 is 0. The largest absolute Gasteiger partial charge is 0.487 e. The molecule has 2 aromatic carbocycles. The third kappa shape index (κ3) is 6.18. The van der Waals surface area contributed by atoms with Gasteiger partial charge in [-0.05, 0) is 50.1 Å². The molecule has 0 fully saturated rings. The smallest absolute Gasteiger partial charge is 0.226 e. The molecule has 1 heterocycles. The highest BCUT2D eigenvalue weighted by Crippen LogP contribution is 2.25. The molecule has 0 spiro atoms. The molecule has 1 atom stereocenters. The topological polar surface area (TPSA) is 53.7 Å². The predicted octanol–water partition coefficient (Wildman–Crippen LogP) is 6.12. The van der Waals surface area contributed by atoms with E-state index in [-0.39, 0.29) is 6.10 Å². The van der Waals surface area contributed by atoms with E-state index in [9.17, 15) is 0 Å². The van der Waals surface area contributed by atoms with E-state index < -0.39 is 0 Å². The Morgan fingerprint density at radius 1 is 0.967 bits per heavy atom. The van der Waals surface area contributed by atoms with Gasteiger partial charge in [-0.25, -0.2) is 4.98 Å². The lowest BCUT2D eigenvalue weighted by Gasteiger charge is -2.18. The lowest BCUT2D eigenvalue weighted by molar-refractivity contribution is 0.0267. The van der Waals surface area contributed by atoms with Gasteiger partial charge in [-0.15, -0.1) is 0 Å². The van der Waals surface area contributed by atoms with Crippen LogP contribution in [0.15, 0.2) is 59.0 Å². The Labute approximate surface area is 179 Å². The van der Waals surface area contributed by atoms with Gasteiger partial charge in [0.25, 0.3) is 0 Å². The monoisotopic (exact) mass is 409 g/mol. The van der Waals surface area contributed by atoms with E-state index in [0.29, 0.717) is 25.7 Å². The van der Waals surface area contributed by atoms with Crippen LogP contribution in [0, 0.1) is 6.92 Å². The summed E-state index contributed by atoms with van der Waals surface area (Å²) in [7, 11) is 0. The second-order valence-electron chi connectivity index (χ2n) is 7.09. The van der Waals surface area contributed by atoms with E-state index in [4.69, 9.17) is 18.6 Å². The fourth-order valence-electron chi connectivity index (χ4n) is 3.18. The molecule has 5 heteroatoms. The van der Waals surface area contributed by atoms with Crippen LogP contribution in [0.1, 0.15) is 49.8 Å². The third-order valence-corrected chi connectivity index (χ3v) is 4.78. The summed E-state index contributed by atoms with van der Waals surface area (Å²) in [5.74, 6) is 2.18. The summed E-state index contributed by atoms with van der Waals surface area (Å²) in [4.78, 5) is 4.59. The van der Waals surface area contributed by atoms with Gasteiger partial charge in [0.05, 0.1) is 6.10 Å². The molecule has 3 rings (SSSR count). The minimum atomic E-state index is 0.0344. The highest BCUT2D eigenvalue weighted by Gasteiger charge is 2.14.